The molecule has 2 aromatic heterocycles. The minimum Gasteiger partial charge on any atom is -0.419 e. The zero-order chi connectivity index (χ0) is 13.1. The molecule has 0 spiro atoms. The first-order valence-corrected chi connectivity index (χ1v) is 6.45. The normalized spacial score (nSPS) is 17.7. The molecule has 0 radical (unpaired) electrons. The van der Waals surface area contributed by atoms with E-state index in [0.717, 1.165) is 38.3 Å². The van der Waals surface area contributed by atoms with Crippen LogP contribution in [0, 0.1) is 0 Å². The van der Waals surface area contributed by atoms with Gasteiger partial charge in [-0.25, -0.2) is 0 Å². The van der Waals surface area contributed by atoms with Crippen LogP contribution in [-0.2, 0) is 6.54 Å². The van der Waals surface area contributed by atoms with Gasteiger partial charge in [-0.2, -0.15) is 0 Å². The molecule has 0 bridgehead atoms. The van der Waals surface area contributed by atoms with Crippen molar-refractivity contribution in [3.63, 3.8) is 0 Å². The molecule has 6 nitrogen and oxygen atoms in total. The number of aromatic nitrogens is 3. The van der Waals surface area contributed by atoms with E-state index in [1.807, 2.05) is 12.1 Å². The summed E-state index contributed by atoms with van der Waals surface area (Å²) in [6, 6.07) is 3.74. The smallest absolute Gasteiger partial charge is 0.247 e. The number of piperazine rings is 1. The van der Waals surface area contributed by atoms with Crippen molar-refractivity contribution in [3.8, 4) is 11.5 Å². The Bertz CT molecular complexity index is 519. The maximum Gasteiger partial charge on any atom is 0.247 e. The van der Waals surface area contributed by atoms with Gasteiger partial charge in [0.05, 0.1) is 6.54 Å². The molecule has 0 unspecified atom stereocenters. The van der Waals surface area contributed by atoms with Crippen molar-refractivity contribution < 1.29 is 4.42 Å². The van der Waals surface area contributed by atoms with Crippen LogP contribution in [0.15, 0.2) is 28.9 Å². The maximum atomic E-state index is 5.69. The minimum atomic E-state index is 0.562. The van der Waals surface area contributed by atoms with E-state index < -0.39 is 0 Å². The second kappa shape index (κ2) is 5.46. The molecule has 1 fully saturated rings. The van der Waals surface area contributed by atoms with Crippen molar-refractivity contribution >= 4 is 0 Å². The molecule has 3 rings (SSSR count). The third-order valence-electron chi connectivity index (χ3n) is 3.35. The van der Waals surface area contributed by atoms with Gasteiger partial charge < -0.3 is 9.32 Å². The van der Waals surface area contributed by atoms with Gasteiger partial charge in [0.2, 0.25) is 11.8 Å². The summed E-state index contributed by atoms with van der Waals surface area (Å²) in [5.74, 6) is 1.24. The van der Waals surface area contributed by atoms with Crippen LogP contribution >= 0.6 is 0 Å². The van der Waals surface area contributed by atoms with Crippen molar-refractivity contribution in [2.45, 2.75) is 6.54 Å². The van der Waals surface area contributed by atoms with E-state index in [-0.39, 0.29) is 0 Å². The van der Waals surface area contributed by atoms with Crippen molar-refractivity contribution in [2.24, 2.45) is 0 Å². The molecule has 0 amide bonds. The lowest BCUT2D eigenvalue weighted by molar-refractivity contribution is 0.138. The van der Waals surface area contributed by atoms with Crippen LogP contribution in [0.1, 0.15) is 5.89 Å². The van der Waals surface area contributed by atoms with Crippen molar-refractivity contribution in [1.29, 1.82) is 0 Å². The third kappa shape index (κ3) is 2.97. The van der Waals surface area contributed by atoms with E-state index in [2.05, 4.69) is 32.0 Å². The van der Waals surface area contributed by atoms with E-state index in [9.17, 15) is 0 Å². The lowest BCUT2D eigenvalue weighted by atomic mass is 10.3. The predicted molar refractivity (Wildman–Crippen MR) is 70.3 cm³/mol. The van der Waals surface area contributed by atoms with E-state index in [1.165, 1.54) is 0 Å². The number of likely N-dealkylation sites (N-methyl/N-ethyl adjacent to an activating group) is 1. The molecule has 1 aliphatic heterocycles. The van der Waals surface area contributed by atoms with Gasteiger partial charge in [-0.05, 0) is 19.2 Å². The molecule has 1 saturated heterocycles. The number of nitrogens with zero attached hydrogens (tertiary/aromatic N) is 5. The Morgan fingerprint density at radius 3 is 2.58 bits per heavy atom. The molecule has 6 heteroatoms. The topological polar surface area (TPSA) is 58.3 Å². The average Bonchev–Trinajstić information content (AvgIpc) is 2.91. The molecular weight excluding hydrogens is 242 g/mol. The first-order chi connectivity index (χ1) is 9.31. The minimum absolute atomic E-state index is 0.562. The quantitative estimate of drug-likeness (QED) is 0.815. The van der Waals surface area contributed by atoms with Gasteiger partial charge in [0.25, 0.3) is 0 Å². The summed E-state index contributed by atoms with van der Waals surface area (Å²) in [4.78, 5) is 8.64. The van der Waals surface area contributed by atoms with Crippen molar-refractivity contribution in [3.05, 3.63) is 30.4 Å². The highest BCUT2D eigenvalue weighted by Gasteiger charge is 2.17. The average molecular weight is 259 g/mol. The van der Waals surface area contributed by atoms with Gasteiger partial charge in [-0.15, -0.1) is 10.2 Å². The zero-order valence-electron chi connectivity index (χ0n) is 11.0. The SMILES string of the molecule is CN1CCN(Cc2nnc(-c3ccncc3)o2)CC1. The van der Waals surface area contributed by atoms with Crippen LogP contribution < -0.4 is 0 Å². The molecule has 0 N–H and O–H groups in total. The number of pyridine rings is 1. The summed E-state index contributed by atoms with van der Waals surface area (Å²) in [5.41, 5.74) is 0.909. The largest absolute Gasteiger partial charge is 0.419 e. The summed E-state index contributed by atoms with van der Waals surface area (Å²) in [6.07, 6.45) is 3.44. The molecule has 19 heavy (non-hydrogen) atoms. The lowest BCUT2D eigenvalue weighted by Gasteiger charge is -2.31. The Morgan fingerprint density at radius 2 is 1.84 bits per heavy atom. The Labute approximate surface area is 112 Å². The van der Waals surface area contributed by atoms with E-state index in [4.69, 9.17) is 4.42 Å². The van der Waals surface area contributed by atoms with Crippen LogP contribution in [0.3, 0.4) is 0 Å². The van der Waals surface area contributed by atoms with Crippen LogP contribution in [-0.4, -0.2) is 58.2 Å². The highest BCUT2D eigenvalue weighted by Crippen LogP contribution is 2.17. The fourth-order valence-corrected chi connectivity index (χ4v) is 2.13. The molecule has 1 aliphatic rings. The molecule has 0 atom stereocenters. The Kier molecular flexibility index (Phi) is 3.52. The maximum absolute atomic E-state index is 5.69. The van der Waals surface area contributed by atoms with Gasteiger partial charge in [-0.1, -0.05) is 0 Å². The summed E-state index contributed by atoms with van der Waals surface area (Å²) in [6.45, 7) is 5.00. The van der Waals surface area contributed by atoms with Gasteiger partial charge in [0.15, 0.2) is 0 Å². The van der Waals surface area contributed by atoms with Gasteiger partial charge >= 0.3 is 0 Å². The lowest BCUT2D eigenvalue weighted by Crippen LogP contribution is -2.43. The van der Waals surface area contributed by atoms with Crippen molar-refractivity contribution in [2.75, 3.05) is 33.2 Å². The van der Waals surface area contributed by atoms with Gasteiger partial charge in [-0.3, -0.25) is 9.88 Å². The van der Waals surface area contributed by atoms with Crippen LogP contribution in [0.4, 0.5) is 0 Å². The van der Waals surface area contributed by atoms with Crippen LogP contribution in [0.5, 0.6) is 0 Å². The molecule has 0 saturated carbocycles. The Morgan fingerprint density at radius 1 is 1.11 bits per heavy atom. The monoisotopic (exact) mass is 259 g/mol. The molecule has 0 aliphatic carbocycles. The van der Waals surface area contributed by atoms with Crippen LogP contribution in [0.2, 0.25) is 0 Å². The summed E-state index contributed by atoms with van der Waals surface area (Å²) in [5, 5.41) is 8.20. The molecule has 2 aromatic rings. The summed E-state index contributed by atoms with van der Waals surface area (Å²) < 4.78 is 5.69. The molecule has 100 valence electrons. The molecule has 0 aromatic carbocycles. The summed E-state index contributed by atoms with van der Waals surface area (Å²) in [7, 11) is 2.14. The molecule has 3 heterocycles. The second-order valence-corrected chi connectivity index (χ2v) is 4.82. The van der Waals surface area contributed by atoms with Gasteiger partial charge in [0, 0.05) is 44.1 Å². The van der Waals surface area contributed by atoms with E-state index in [1.54, 1.807) is 12.4 Å². The highest BCUT2D eigenvalue weighted by molar-refractivity contribution is 5.50. The predicted octanol–water partition coefficient (Wildman–Crippen LogP) is 0.879. The number of rotatable bonds is 3. The Hall–Kier alpha value is -1.79. The second-order valence-electron chi connectivity index (χ2n) is 4.82. The fraction of sp³-hybridized carbons (Fsp3) is 0.462. The number of hydrogen-bond acceptors (Lipinski definition) is 6. The van der Waals surface area contributed by atoms with Crippen molar-refractivity contribution in [1.82, 2.24) is 25.0 Å². The molecular formula is C13H17N5O. The van der Waals surface area contributed by atoms with E-state index in [0.29, 0.717) is 11.8 Å². The Balaban J connectivity index is 1.65. The van der Waals surface area contributed by atoms with E-state index >= 15 is 0 Å². The third-order valence-corrected chi connectivity index (χ3v) is 3.35. The standard InChI is InChI=1S/C13H17N5O/c1-17-6-8-18(9-7-17)10-12-15-16-13(19-12)11-2-4-14-5-3-11/h2-5H,6-10H2,1H3. The number of hydrogen-bond donors (Lipinski definition) is 0. The summed E-state index contributed by atoms with van der Waals surface area (Å²) >= 11 is 0. The highest BCUT2D eigenvalue weighted by atomic mass is 16.4. The fourth-order valence-electron chi connectivity index (χ4n) is 2.13. The van der Waals surface area contributed by atoms with Gasteiger partial charge in [0.1, 0.15) is 0 Å². The zero-order valence-corrected chi connectivity index (χ0v) is 11.0. The first kappa shape index (κ1) is 12.3. The van der Waals surface area contributed by atoms with Crippen LogP contribution in [0.25, 0.3) is 11.5 Å². The first-order valence-electron chi connectivity index (χ1n) is 6.45.